The predicted octanol–water partition coefficient (Wildman–Crippen LogP) is 6.23. The minimum Gasteiger partial charge on any atom is -0.318 e. The Balaban J connectivity index is 1.65. The molecule has 2 heterocycles. The van der Waals surface area contributed by atoms with Crippen LogP contribution in [-0.4, -0.2) is 15.5 Å². The van der Waals surface area contributed by atoms with E-state index in [1.165, 1.54) is 5.56 Å². The number of para-hydroxylation sites is 2. The number of carbonyl (C=O) groups excluding carboxylic acids is 1. The molecule has 4 heteroatoms. The average Bonchev–Trinajstić information content (AvgIpc) is 3.19. The molecule has 0 aliphatic carbocycles. The first-order valence-electron chi connectivity index (χ1n) is 10.6. The molecule has 0 bridgehead atoms. The maximum absolute atomic E-state index is 13.7. The monoisotopic (exact) mass is 407 g/mol. The standard InChI is InChI=1S/C27H25N3O/c1-19-9-7-12-21(17-19)26-25-15-8-16-29(25)24-14-6-4-11-22(24)18-30(26)27(31)28-23-13-5-3-10-20(23)2/h3-17,26H,18H2,1-2H3,(H,28,31)/t26-/m1/s1. The molecule has 5 rings (SSSR count). The highest BCUT2D eigenvalue weighted by atomic mass is 16.2. The Hall–Kier alpha value is -3.79. The molecule has 3 aromatic carbocycles. The van der Waals surface area contributed by atoms with Gasteiger partial charge in [-0.15, -0.1) is 0 Å². The van der Waals surface area contributed by atoms with Crippen LogP contribution in [0.3, 0.4) is 0 Å². The number of nitrogens with zero attached hydrogens (tertiary/aromatic N) is 2. The van der Waals surface area contributed by atoms with Gasteiger partial charge in [-0.1, -0.05) is 66.2 Å². The lowest BCUT2D eigenvalue weighted by Gasteiger charge is -2.31. The summed E-state index contributed by atoms with van der Waals surface area (Å²) in [4.78, 5) is 15.6. The Morgan fingerprint density at radius 3 is 2.55 bits per heavy atom. The van der Waals surface area contributed by atoms with E-state index in [0.717, 1.165) is 33.8 Å². The topological polar surface area (TPSA) is 37.3 Å². The van der Waals surface area contributed by atoms with E-state index >= 15 is 0 Å². The number of hydrogen-bond donors (Lipinski definition) is 1. The third kappa shape index (κ3) is 3.50. The number of amides is 2. The zero-order valence-electron chi connectivity index (χ0n) is 17.7. The van der Waals surface area contributed by atoms with Crippen LogP contribution in [0.1, 0.15) is 34.0 Å². The smallest absolute Gasteiger partial charge is 0.318 e. The molecule has 0 fully saturated rings. The molecule has 1 atom stereocenters. The molecule has 0 saturated heterocycles. The molecular formula is C27H25N3O. The molecular weight excluding hydrogens is 382 g/mol. The van der Waals surface area contributed by atoms with Gasteiger partial charge in [-0.2, -0.15) is 0 Å². The third-order valence-corrected chi connectivity index (χ3v) is 5.97. The first kappa shape index (κ1) is 19.2. The van der Waals surface area contributed by atoms with Crippen molar-refractivity contribution in [3.8, 4) is 5.69 Å². The van der Waals surface area contributed by atoms with Crippen molar-refractivity contribution < 1.29 is 4.79 Å². The maximum Gasteiger partial charge on any atom is 0.322 e. The van der Waals surface area contributed by atoms with Crippen molar-refractivity contribution in [1.29, 1.82) is 0 Å². The summed E-state index contributed by atoms with van der Waals surface area (Å²) in [6.07, 6.45) is 2.08. The summed E-state index contributed by atoms with van der Waals surface area (Å²) < 4.78 is 2.21. The van der Waals surface area contributed by atoms with Gasteiger partial charge in [-0.25, -0.2) is 4.79 Å². The molecule has 2 amide bonds. The highest BCUT2D eigenvalue weighted by molar-refractivity contribution is 5.91. The number of fused-ring (bicyclic) bond motifs is 3. The van der Waals surface area contributed by atoms with E-state index in [1.54, 1.807) is 0 Å². The summed E-state index contributed by atoms with van der Waals surface area (Å²) in [5.41, 5.74) is 7.48. The first-order valence-corrected chi connectivity index (χ1v) is 10.6. The van der Waals surface area contributed by atoms with Crippen molar-refractivity contribution in [2.24, 2.45) is 0 Å². The molecule has 4 aromatic rings. The molecule has 1 aliphatic rings. The van der Waals surface area contributed by atoms with Crippen LogP contribution < -0.4 is 5.32 Å². The van der Waals surface area contributed by atoms with Crippen molar-refractivity contribution in [1.82, 2.24) is 9.47 Å². The lowest BCUT2D eigenvalue weighted by atomic mass is 10.00. The van der Waals surface area contributed by atoms with Gasteiger partial charge in [0.25, 0.3) is 0 Å². The van der Waals surface area contributed by atoms with E-state index in [0.29, 0.717) is 6.54 Å². The van der Waals surface area contributed by atoms with Gasteiger partial charge in [0.1, 0.15) is 0 Å². The Kier molecular flexibility index (Phi) is 4.83. The lowest BCUT2D eigenvalue weighted by Crippen LogP contribution is -2.38. The van der Waals surface area contributed by atoms with Crippen LogP contribution in [-0.2, 0) is 6.54 Å². The zero-order chi connectivity index (χ0) is 21.4. The van der Waals surface area contributed by atoms with E-state index in [2.05, 4.69) is 71.5 Å². The summed E-state index contributed by atoms with van der Waals surface area (Å²) >= 11 is 0. The largest absolute Gasteiger partial charge is 0.322 e. The van der Waals surface area contributed by atoms with E-state index in [4.69, 9.17) is 0 Å². The highest BCUT2D eigenvalue weighted by Crippen LogP contribution is 2.37. The molecule has 1 aliphatic heterocycles. The second-order valence-electron chi connectivity index (χ2n) is 8.12. The van der Waals surface area contributed by atoms with Crippen LogP contribution in [0, 0.1) is 13.8 Å². The fourth-order valence-electron chi connectivity index (χ4n) is 4.43. The van der Waals surface area contributed by atoms with Crippen molar-refractivity contribution >= 4 is 11.7 Å². The van der Waals surface area contributed by atoms with Crippen molar-refractivity contribution in [3.63, 3.8) is 0 Å². The summed E-state index contributed by atoms with van der Waals surface area (Å²) in [7, 11) is 0. The molecule has 0 saturated carbocycles. The van der Waals surface area contributed by atoms with Crippen LogP contribution in [0.5, 0.6) is 0 Å². The number of aromatic nitrogens is 1. The highest BCUT2D eigenvalue weighted by Gasteiger charge is 2.33. The van der Waals surface area contributed by atoms with Gasteiger partial charge >= 0.3 is 6.03 Å². The third-order valence-electron chi connectivity index (χ3n) is 5.97. The Morgan fingerprint density at radius 1 is 0.903 bits per heavy atom. The second kappa shape index (κ2) is 7.80. The quantitative estimate of drug-likeness (QED) is 0.420. The number of benzene rings is 3. The van der Waals surface area contributed by atoms with Gasteiger partial charge in [-0.3, -0.25) is 0 Å². The number of nitrogens with one attached hydrogen (secondary N) is 1. The Bertz CT molecular complexity index is 1260. The summed E-state index contributed by atoms with van der Waals surface area (Å²) in [5.74, 6) is 0. The number of rotatable bonds is 2. The maximum atomic E-state index is 13.7. The molecule has 31 heavy (non-hydrogen) atoms. The Morgan fingerprint density at radius 2 is 1.71 bits per heavy atom. The average molecular weight is 408 g/mol. The number of carbonyl (C=O) groups is 1. The molecule has 0 spiro atoms. The van der Waals surface area contributed by atoms with E-state index < -0.39 is 0 Å². The zero-order valence-corrected chi connectivity index (χ0v) is 17.7. The molecule has 1 N–H and O–H groups in total. The number of hydrogen-bond acceptors (Lipinski definition) is 1. The second-order valence-corrected chi connectivity index (χ2v) is 8.12. The van der Waals surface area contributed by atoms with Gasteiger partial charge < -0.3 is 14.8 Å². The number of urea groups is 1. The molecule has 0 unspecified atom stereocenters. The van der Waals surface area contributed by atoms with Gasteiger partial charge in [0, 0.05) is 17.6 Å². The van der Waals surface area contributed by atoms with Gasteiger partial charge in [-0.05, 0) is 54.8 Å². The van der Waals surface area contributed by atoms with Crippen LogP contribution in [0.2, 0.25) is 0 Å². The summed E-state index contributed by atoms with van der Waals surface area (Å²) in [6, 6.07) is 28.5. The van der Waals surface area contributed by atoms with Crippen molar-refractivity contribution in [3.05, 3.63) is 119 Å². The van der Waals surface area contributed by atoms with E-state index in [-0.39, 0.29) is 12.1 Å². The van der Waals surface area contributed by atoms with Gasteiger partial charge in [0.05, 0.1) is 18.3 Å². The molecule has 154 valence electrons. The predicted molar refractivity (Wildman–Crippen MR) is 125 cm³/mol. The SMILES string of the molecule is Cc1cccc([C@@H]2c3cccn3-c3ccccc3CN2C(=O)Nc2ccccc2C)c1. The van der Waals surface area contributed by atoms with Crippen LogP contribution in [0.25, 0.3) is 5.69 Å². The van der Waals surface area contributed by atoms with Crippen molar-refractivity contribution in [2.45, 2.75) is 26.4 Å². The summed E-state index contributed by atoms with van der Waals surface area (Å²) in [5, 5.41) is 3.15. The molecule has 4 nitrogen and oxygen atoms in total. The van der Waals surface area contributed by atoms with Crippen LogP contribution >= 0.6 is 0 Å². The Labute approximate surface area is 182 Å². The van der Waals surface area contributed by atoms with Crippen LogP contribution in [0.15, 0.2) is 91.1 Å². The number of aryl methyl sites for hydroxylation is 2. The minimum absolute atomic E-state index is 0.106. The fraction of sp³-hybridized carbons (Fsp3) is 0.148. The molecule has 1 aromatic heterocycles. The minimum atomic E-state index is -0.202. The lowest BCUT2D eigenvalue weighted by molar-refractivity contribution is 0.194. The van der Waals surface area contributed by atoms with E-state index in [1.807, 2.05) is 48.2 Å². The van der Waals surface area contributed by atoms with Crippen molar-refractivity contribution in [2.75, 3.05) is 5.32 Å². The first-order chi connectivity index (χ1) is 15.1. The van der Waals surface area contributed by atoms with Gasteiger partial charge in [0.15, 0.2) is 0 Å². The fourth-order valence-corrected chi connectivity index (χ4v) is 4.43. The number of anilines is 1. The van der Waals surface area contributed by atoms with Gasteiger partial charge in [0.2, 0.25) is 0 Å². The normalized spacial score (nSPS) is 15.0. The molecule has 0 radical (unpaired) electrons. The van der Waals surface area contributed by atoms with Crippen LogP contribution in [0.4, 0.5) is 10.5 Å². The summed E-state index contributed by atoms with van der Waals surface area (Å²) in [6.45, 7) is 4.62. The van der Waals surface area contributed by atoms with E-state index in [9.17, 15) is 4.79 Å².